The average molecular weight is 410 g/mol. The number of aromatic nitrogens is 1. The summed E-state index contributed by atoms with van der Waals surface area (Å²) in [7, 11) is 0. The Hall–Kier alpha value is -2.40. The van der Waals surface area contributed by atoms with Crippen LogP contribution in [0.3, 0.4) is 0 Å². The number of amides is 1. The van der Waals surface area contributed by atoms with Crippen LogP contribution in [0.1, 0.15) is 64.0 Å². The zero-order valence-electron chi connectivity index (χ0n) is 19.5. The molecule has 0 aliphatic carbocycles. The number of piperazine rings is 1. The van der Waals surface area contributed by atoms with Crippen molar-refractivity contribution in [2.24, 2.45) is 0 Å². The fourth-order valence-corrected chi connectivity index (χ4v) is 4.53. The Morgan fingerprint density at radius 3 is 2.07 bits per heavy atom. The van der Waals surface area contributed by atoms with E-state index < -0.39 is 0 Å². The molecule has 1 saturated heterocycles. The van der Waals surface area contributed by atoms with Gasteiger partial charge in [0.1, 0.15) is 0 Å². The van der Waals surface area contributed by atoms with E-state index in [-0.39, 0.29) is 17.2 Å². The largest absolute Gasteiger partial charge is 0.343 e. The van der Waals surface area contributed by atoms with Gasteiger partial charge in [0.25, 0.3) is 5.91 Å². The highest BCUT2D eigenvalue weighted by Crippen LogP contribution is 2.25. The fourth-order valence-electron chi connectivity index (χ4n) is 4.53. The van der Waals surface area contributed by atoms with Crippen molar-refractivity contribution in [3.05, 3.63) is 57.9 Å². The number of benzene rings is 1. The number of carbonyl (C=O) groups excluding carboxylic acids is 2. The van der Waals surface area contributed by atoms with Crippen LogP contribution < -0.4 is 0 Å². The Morgan fingerprint density at radius 1 is 0.900 bits per heavy atom. The van der Waals surface area contributed by atoms with E-state index in [1.807, 2.05) is 43.0 Å². The average Bonchev–Trinajstić information content (AvgIpc) is 2.98. The molecule has 0 N–H and O–H groups in total. The standard InChI is InChI=1S/C25H35N3O2/c1-17-8-9-21(14-18(17)2)24(30)27-12-10-26(11-13-27)16-23(29)22-15-19(3)28(20(22)4)25(5,6)7/h8-9,14-15H,10-13,16H2,1-7H3. The number of carbonyl (C=O) groups is 2. The first-order chi connectivity index (χ1) is 14.0. The molecule has 5 heteroatoms. The monoisotopic (exact) mass is 409 g/mol. The predicted molar refractivity (Wildman–Crippen MR) is 121 cm³/mol. The summed E-state index contributed by atoms with van der Waals surface area (Å²) < 4.78 is 2.24. The molecule has 3 rings (SSSR count). The van der Waals surface area contributed by atoms with Gasteiger partial charge in [0.05, 0.1) is 6.54 Å². The maximum Gasteiger partial charge on any atom is 0.253 e. The molecular weight excluding hydrogens is 374 g/mol. The molecule has 162 valence electrons. The van der Waals surface area contributed by atoms with E-state index in [1.54, 1.807) is 0 Å². The van der Waals surface area contributed by atoms with Gasteiger partial charge in [0, 0.05) is 54.2 Å². The molecule has 2 heterocycles. The number of hydrogen-bond acceptors (Lipinski definition) is 3. The van der Waals surface area contributed by atoms with Gasteiger partial charge in [0.2, 0.25) is 0 Å². The molecule has 1 aromatic carbocycles. The maximum absolute atomic E-state index is 13.0. The van der Waals surface area contributed by atoms with Gasteiger partial charge in [-0.2, -0.15) is 0 Å². The Morgan fingerprint density at radius 2 is 1.53 bits per heavy atom. The van der Waals surface area contributed by atoms with Gasteiger partial charge < -0.3 is 9.47 Å². The van der Waals surface area contributed by atoms with Crippen LogP contribution in [-0.2, 0) is 5.54 Å². The molecule has 1 aliphatic heterocycles. The molecule has 1 fully saturated rings. The second-order valence-corrected chi connectivity index (χ2v) is 9.58. The van der Waals surface area contributed by atoms with E-state index in [0.717, 1.165) is 41.2 Å². The number of nitrogens with zero attached hydrogens (tertiary/aromatic N) is 3. The highest BCUT2D eigenvalue weighted by atomic mass is 16.2. The number of Topliss-reactive ketones (excluding diaryl/α,β-unsaturated/α-hetero) is 1. The van der Waals surface area contributed by atoms with Crippen molar-refractivity contribution >= 4 is 11.7 Å². The second kappa shape index (κ2) is 8.38. The molecule has 0 saturated carbocycles. The molecule has 30 heavy (non-hydrogen) atoms. The van der Waals surface area contributed by atoms with E-state index in [4.69, 9.17) is 0 Å². The predicted octanol–water partition coefficient (Wildman–Crippen LogP) is 4.12. The maximum atomic E-state index is 13.0. The van der Waals surface area contributed by atoms with Crippen molar-refractivity contribution in [3.8, 4) is 0 Å². The van der Waals surface area contributed by atoms with Gasteiger partial charge in [-0.3, -0.25) is 14.5 Å². The molecule has 0 bridgehead atoms. The first-order valence-electron chi connectivity index (χ1n) is 10.8. The summed E-state index contributed by atoms with van der Waals surface area (Å²) in [5.41, 5.74) is 6.00. The highest BCUT2D eigenvalue weighted by Gasteiger charge is 2.26. The highest BCUT2D eigenvalue weighted by molar-refractivity contribution is 5.99. The smallest absolute Gasteiger partial charge is 0.253 e. The lowest BCUT2D eigenvalue weighted by molar-refractivity contribution is 0.0624. The summed E-state index contributed by atoms with van der Waals surface area (Å²) in [6, 6.07) is 7.90. The Balaban J connectivity index is 1.61. The SMILES string of the molecule is Cc1ccc(C(=O)N2CCN(CC(=O)c3cc(C)n(C(C)(C)C)c3C)CC2)cc1C. The normalized spacial score (nSPS) is 15.5. The molecule has 1 aromatic heterocycles. The van der Waals surface area contributed by atoms with Crippen LogP contribution in [-0.4, -0.2) is 58.8 Å². The summed E-state index contributed by atoms with van der Waals surface area (Å²) in [4.78, 5) is 29.9. The quantitative estimate of drug-likeness (QED) is 0.714. The summed E-state index contributed by atoms with van der Waals surface area (Å²) >= 11 is 0. The second-order valence-electron chi connectivity index (χ2n) is 9.58. The molecule has 0 spiro atoms. The van der Waals surface area contributed by atoms with Gasteiger partial charge in [-0.05, 0) is 77.8 Å². The van der Waals surface area contributed by atoms with Gasteiger partial charge >= 0.3 is 0 Å². The van der Waals surface area contributed by atoms with Crippen LogP contribution in [0.4, 0.5) is 0 Å². The van der Waals surface area contributed by atoms with Crippen LogP contribution >= 0.6 is 0 Å². The van der Waals surface area contributed by atoms with Crippen LogP contribution in [0.15, 0.2) is 24.3 Å². The lowest BCUT2D eigenvalue weighted by Gasteiger charge is -2.34. The van der Waals surface area contributed by atoms with E-state index in [1.165, 1.54) is 5.56 Å². The van der Waals surface area contributed by atoms with Crippen LogP contribution in [0.2, 0.25) is 0 Å². The summed E-state index contributed by atoms with van der Waals surface area (Å²) in [5.74, 6) is 0.241. The van der Waals surface area contributed by atoms with Gasteiger partial charge in [-0.1, -0.05) is 6.07 Å². The molecule has 1 amide bonds. The van der Waals surface area contributed by atoms with Crippen LogP contribution in [0, 0.1) is 27.7 Å². The third kappa shape index (κ3) is 4.51. The number of hydrogen-bond donors (Lipinski definition) is 0. The Labute approximate surface area is 180 Å². The summed E-state index contributed by atoms with van der Waals surface area (Å²) in [6.07, 6.45) is 0. The van der Waals surface area contributed by atoms with Gasteiger partial charge in [-0.25, -0.2) is 0 Å². The number of rotatable bonds is 4. The lowest BCUT2D eigenvalue weighted by atomic mass is 10.1. The van der Waals surface area contributed by atoms with E-state index >= 15 is 0 Å². The van der Waals surface area contributed by atoms with E-state index in [2.05, 4.69) is 44.1 Å². The van der Waals surface area contributed by atoms with Gasteiger partial charge in [0.15, 0.2) is 5.78 Å². The molecule has 0 unspecified atom stereocenters. The summed E-state index contributed by atoms with van der Waals surface area (Å²) in [5, 5.41) is 0. The number of ketones is 1. The molecule has 0 atom stereocenters. The third-order valence-corrected chi connectivity index (χ3v) is 6.18. The minimum absolute atomic E-state index is 0.0486. The lowest BCUT2D eigenvalue weighted by Crippen LogP contribution is -2.50. The molecule has 2 aromatic rings. The van der Waals surface area contributed by atoms with E-state index in [9.17, 15) is 9.59 Å². The number of aryl methyl sites for hydroxylation is 3. The molecule has 0 radical (unpaired) electrons. The first kappa shape index (κ1) is 22.3. The van der Waals surface area contributed by atoms with E-state index in [0.29, 0.717) is 19.6 Å². The molecule has 5 nitrogen and oxygen atoms in total. The van der Waals surface area contributed by atoms with Crippen molar-refractivity contribution in [2.75, 3.05) is 32.7 Å². The third-order valence-electron chi connectivity index (χ3n) is 6.18. The Bertz CT molecular complexity index is 958. The minimum atomic E-state index is -0.0486. The first-order valence-corrected chi connectivity index (χ1v) is 10.8. The van der Waals surface area contributed by atoms with Gasteiger partial charge in [-0.15, -0.1) is 0 Å². The molecule has 1 aliphatic rings. The zero-order valence-corrected chi connectivity index (χ0v) is 19.5. The fraction of sp³-hybridized carbons (Fsp3) is 0.520. The van der Waals surface area contributed by atoms with Crippen molar-refractivity contribution in [2.45, 2.75) is 54.0 Å². The molecular formula is C25H35N3O2. The van der Waals surface area contributed by atoms with Crippen molar-refractivity contribution in [1.29, 1.82) is 0 Å². The zero-order chi connectivity index (χ0) is 22.2. The van der Waals surface area contributed by atoms with Crippen LogP contribution in [0.25, 0.3) is 0 Å². The van der Waals surface area contributed by atoms with Crippen molar-refractivity contribution < 1.29 is 9.59 Å². The Kier molecular flexibility index (Phi) is 6.23. The van der Waals surface area contributed by atoms with Crippen molar-refractivity contribution in [3.63, 3.8) is 0 Å². The minimum Gasteiger partial charge on any atom is -0.343 e. The van der Waals surface area contributed by atoms with Crippen LogP contribution in [0.5, 0.6) is 0 Å². The topological polar surface area (TPSA) is 45.6 Å². The van der Waals surface area contributed by atoms with Crippen molar-refractivity contribution in [1.82, 2.24) is 14.4 Å². The summed E-state index contributed by atoms with van der Waals surface area (Å²) in [6.45, 7) is 17.8.